The van der Waals surface area contributed by atoms with Crippen molar-refractivity contribution in [2.75, 3.05) is 19.7 Å². The normalized spacial score (nSPS) is 35.3. The number of hydrogen-bond acceptors (Lipinski definition) is 6. The first-order valence-electron chi connectivity index (χ1n) is 6.21. The Kier molecular flexibility index (Phi) is 3.87. The Balaban J connectivity index is 2.06. The van der Waals surface area contributed by atoms with E-state index in [9.17, 15) is 14.7 Å². The summed E-state index contributed by atoms with van der Waals surface area (Å²) in [6.07, 6.45) is -0.0264. The van der Waals surface area contributed by atoms with Gasteiger partial charge in [-0.05, 0) is 6.42 Å². The minimum Gasteiger partial charge on any atom is -0.465 e. The molecular weight excluding hydrogens is 238 g/mol. The minimum atomic E-state index is -0.439. The fraction of sp³-hybridized carbons (Fsp3) is 0.833. The van der Waals surface area contributed by atoms with E-state index >= 15 is 0 Å². The van der Waals surface area contributed by atoms with Gasteiger partial charge in [0, 0.05) is 38.9 Å². The largest absolute Gasteiger partial charge is 0.465 e. The van der Waals surface area contributed by atoms with Gasteiger partial charge < -0.3 is 14.6 Å². The molecule has 2 heterocycles. The Morgan fingerprint density at radius 3 is 2.67 bits per heavy atom. The van der Waals surface area contributed by atoms with E-state index in [0.717, 1.165) is 6.54 Å². The van der Waals surface area contributed by atoms with Gasteiger partial charge in [0.25, 0.3) is 0 Å². The smallest absolute Gasteiger partial charge is 0.302 e. The molecule has 102 valence electrons. The standard InChI is InChI=1S/C12H19NO5/c1-7(14)17-6-9-11(18-8(2)15)5-13-4-3-10(16)12(9)13/h9-12,16H,3-6H2,1-2H3/t9-,10-,11+,12-/m1/s1. The number of rotatable bonds is 3. The molecule has 2 fully saturated rings. The topological polar surface area (TPSA) is 76.1 Å². The number of aliphatic hydroxyl groups is 1. The van der Waals surface area contributed by atoms with Crippen molar-refractivity contribution < 1.29 is 24.2 Å². The van der Waals surface area contributed by atoms with Crippen molar-refractivity contribution in [2.45, 2.75) is 38.5 Å². The van der Waals surface area contributed by atoms with Crippen LogP contribution in [-0.2, 0) is 19.1 Å². The molecule has 18 heavy (non-hydrogen) atoms. The van der Waals surface area contributed by atoms with E-state index in [0.29, 0.717) is 13.0 Å². The molecule has 2 saturated heterocycles. The molecule has 0 aromatic heterocycles. The highest BCUT2D eigenvalue weighted by atomic mass is 16.6. The quantitative estimate of drug-likeness (QED) is 0.690. The Bertz CT molecular complexity index is 345. The van der Waals surface area contributed by atoms with E-state index in [2.05, 4.69) is 4.90 Å². The van der Waals surface area contributed by atoms with Crippen molar-refractivity contribution in [1.29, 1.82) is 0 Å². The van der Waals surface area contributed by atoms with Crippen LogP contribution in [0.3, 0.4) is 0 Å². The first kappa shape index (κ1) is 13.3. The summed E-state index contributed by atoms with van der Waals surface area (Å²) in [5, 5.41) is 9.96. The lowest BCUT2D eigenvalue weighted by Gasteiger charge is -2.24. The molecule has 0 bridgehead atoms. The minimum absolute atomic E-state index is 0.0753. The van der Waals surface area contributed by atoms with Crippen LogP contribution in [0.25, 0.3) is 0 Å². The summed E-state index contributed by atoms with van der Waals surface area (Å²) in [4.78, 5) is 24.1. The van der Waals surface area contributed by atoms with Gasteiger partial charge in [-0.15, -0.1) is 0 Å². The van der Waals surface area contributed by atoms with Crippen LogP contribution in [0.2, 0.25) is 0 Å². The van der Waals surface area contributed by atoms with Crippen LogP contribution in [0.5, 0.6) is 0 Å². The van der Waals surface area contributed by atoms with Crippen molar-refractivity contribution in [3.8, 4) is 0 Å². The van der Waals surface area contributed by atoms with Gasteiger partial charge in [-0.2, -0.15) is 0 Å². The zero-order chi connectivity index (χ0) is 13.3. The van der Waals surface area contributed by atoms with Crippen molar-refractivity contribution in [2.24, 2.45) is 5.92 Å². The molecule has 2 aliphatic heterocycles. The van der Waals surface area contributed by atoms with E-state index in [1.165, 1.54) is 13.8 Å². The van der Waals surface area contributed by atoms with Crippen LogP contribution in [0.15, 0.2) is 0 Å². The second-order valence-corrected chi connectivity index (χ2v) is 4.96. The average molecular weight is 257 g/mol. The maximum Gasteiger partial charge on any atom is 0.302 e. The summed E-state index contributed by atoms with van der Waals surface area (Å²) >= 11 is 0. The van der Waals surface area contributed by atoms with E-state index in [-0.39, 0.29) is 36.6 Å². The highest BCUT2D eigenvalue weighted by molar-refractivity contribution is 5.66. The molecule has 0 aromatic rings. The number of aliphatic hydroxyl groups excluding tert-OH is 1. The molecular formula is C12H19NO5. The fourth-order valence-electron chi connectivity index (χ4n) is 2.97. The summed E-state index contributed by atoms with van der Waals surface area (Å²) in [6, 6.07) is -0.0753. The highest BCUT2D eigenvalue weighted by Gasteiger charge is 2.50. The summed E-state index contributed by atoms with van der Waals surface area (Å²) < 4.78 is 10.3. The Morgan fingerprint density at radius 2 is 2.06 bits per heavy atom. The van der Waals surface area contributed by atoms with E-state index < -0.39 is 6.10 Å². The number of hydrogen-bond donors (Lipinski definition) is 1. The third kappa shape index (κ3) is 2.64. The van der Waals surface area contributed by atoms with Crippen molar-refractivity contribution in [3.63, 3.8) is 0 Å². The lowest BCUT2D eigenvalue weighted by atomic mass is 9.95. The molecule has 0 amide bonds. The Labute approximate surface area is 106 Å². The van der Waals surface area contributed by atoms with Crippen molar-refractivity contribution >= 4 is 11.9 Å². The van der Waals surface area contributed by atoms with E-state index in [1.807, 2.05) is 0 Å². The van der Waals surface area contributed by atoms with Crippen LogP contribution in [-0.4, -0.2) is 59.9 Å². The molecule has 0 aliphatic carbocycles. The highest BCUT2D eigenvalue weighted by Crippen LogP contribution is 2.35. The van der Waals surface area contributed by atoms with Gasteiger partial charge in [0.15, 0.2) is 0 Å². The molecule has 0 unspecified atom stereocenters. The average Bonchev–Trinajstić information content (AvgIpc) is 2.76. The van der Waals surface area contributed by atoms with Crippen LogP contribution in [0, 0.1) is 5.92 Å². The number of fused-ring (bicyclic) bond motifs is 1. The first-order valence-corrected chi connectivity index (χ1v) is 6.21. The molecule has 4 atom stereocenters. The number of esters is 2. The molecule has 6 nitrogen and oxygen atoms in total. The molecule has 6 heteroatoms. The zero-order valence-corrected chi connectivity index (χ0v) is 10.7. The van der Waals surface area contributed by atoms with Crippen LogP contribution in [0.4, 0.5) is 0 Å². The maximum atomic E-state index is 11.1. The zero-order valence-electron chi connectivity index (χ0n) is 10.7. The number of nitrogens with zero attached hydrogens (tertiary/aromatic N) is 1. The molecule has 0 saturated carbocycles. The number of carbonyl (C=O) groups is 2. The summed E-state index contributed by atoms with van der Waals surface area (Å²) in [5.41, 5.74) is 0. The second-order valence-electron chi connectivity index (χ2n) is 4.96. The lowest BCUT2D eigenvalue weighted by molar-refractivity contribution is -0.151. The maximum absolute atomic E-state index is 11.1. The van der Waals surface area contributed by atoms with E-state index in [1.54, 1.807) is 0 Å². The van der Waals surface area contributed by atoms with Crippen LogP contribution < -0.4 is 0 Å². The fourth-order valence-corrected chi connectivity index (χ4v) is 2.97. The van der Waals surface area contributed by atoms with Gasteiger partial charge in [0.2, 0.25) is 0 Å². The predicted octanol–water partition coefficient (Wildman–Crippen LogP) is -0.454. The second kappa shape index (κ2) is 5.24. The Hall–Kier alpha value is -1.14. The molecule has 1 N–H and O–H groups in total. The third-order valence-corrected chi connectivity index (χ3v) is 3.65. The molecule has 0 aromatic carbocycles. The van der Waals surface area contributed by atoms with Crippen molar-refractivity contribution in [3.05, 3.63) is 0 Å². The molecule has 2 rings (SSSR count). The van der Waals surface area contributed by atoms with Crippen molar-refractivity contribution in [1.82, 2.24) is 4.90 Å². The van der Waals surface area contributed by atoms with E-state index in [4.69, 9.17) is 9.47 Å². The number of carbonyl (C=O) groups excluding carboxylic acids is 2. The SMILES string of the molecule is CC(=O)OC[C@H]1[C@@H]2[C@H](O)CCN2C[C@@H]1OC(C)=O. The van der Waals surface area contributed by atoms with Crippen LogP contribution in [0.1, 0.15) is 20.3 Å². The summed E-state index contributed by atoms with van der Waals surface area (Å²) in [7, 11) is 0. The monoisotopic (exact) mass is 257 g/mol. The van der Waals surface area contributed by atoms with Crippen LogP contribution >= 0.6 is 0 Å². The lowest BCUT2D eigenvalue weighted by Crippen LogP contribution is -2.38. The van der Waals surface area contributed by atoms with Gasteiger partial charge in [-0.1, -0.05) is 0 Å². The number of ether oxygens (including phenoxy) is 2. The third-order valence-electron chi connectivity index (χ3n) is 3.65. The van der Waals surface area contributed by atoms with Gasteiger partial charge >= 0.3 is 11.9 Å². The summed E-state index contributed by atoms with van der Waals surface area (Å²) in [5.74, 6) is -0.846. The Morgan fingerprint density at radius 1 is 1.33 bits per heavy atom. The predicted molar refractivity (Wildman–Crippen MR) is 61.7 cm³/mol. The first-order chi connectivity index (χ1) is 8.49. The molecule has 2 aliphatic rings. The molecule has 0 spiro atoms. The van der Waals surface area contributed by atoms with Gasteiger partial charge in [-0.3, -0.25) is 14.5 Å². The van der Waals surface area contributed by atoms with Gasteiger partial charge in [-0.25, -0.2) is 0 Å². The van der Waals surface area contributed by atoms with Gasteiger partial charge in [0.1, 0.15) is 6.10 Å². The summed E-state index contributed by atoms with van der Waals surface area (Å²) in [6.45, 7) is 4.29. The molecule has 0 radical (unpaired) electrons. The van der Waals surface area contributed by atoms with Gasteiger partial charge in [0.05, 0.1) is 12.7 Å².